The van der Waals surface area contributed by atoms with Gasteiger partial charge in [-0.25, -0.2) is 0 Å². The van der Waals surface area contributed by atoms with Crippen molar-refractivity contribution in [2.75, 3.05) is 34.2 Å². The van der Waals surface area contributed by atoms with Gasteiger partial charge in [0.2, 0.25) is 0 Å². The summed E-state index contributed by atoms with van der Waals surface area (Å²) in [5.74, 6) is 0. The highest BCUT2D eigenvalue weighted by Gasteiger charge is 2.56. The van der Waals surface area contributed by atoms with Gasteiger partial charge in [-0.05, 0) is 14.1 Å². The van der Waals surface area contributed by atoms with Crippen LogP contribution in [0.4, 0.5) is 13.2 Å². The van der Waals surface area contributed by atoms with Crippen molar-refractivity contribution in [1.82, 2.24) is 9.80 Å². The number of ether oxygens (including phenoxy) is 1. The van der Waals surface area contributed by atoms with Crippen LogP contribution in [0.5, 0.6) is 0 Å². The van der Waals surface area contributed by atoms with Crippen LogP contribution in [0.25, 0.3) is 0 Å². The highest BCUT2D eigenvalue weighted by Crippen LogP contribution is 2.39. The Morgan fingerprint density at radius 3 is 2.38 bits per heavy atom. The third kappa shape index (κ3) is 4.14. The number of likely N-dealkylation sites (N-methyl/N-ethyl adjacent to an activating group) is 2. The van der Waals surface area contributed by atoms with Crippen molar-refractivity contribution in [2.45, 2.75) is 42.1 Å². The van der Waals surface area contributed by atoms with Crippen LogP contribution in [0.15, 0.2) is 4.99 Å². The predicted octanol–water partition coefficient (Wildman–Crippen LogP) is -0.679. The number of hydrogen-bond donors (Lipinski definition) is 3. The fraction of sp³-hybridized carbons (Fsp3) is 0.923. The number of alkyl halides is 3. The first-order valence-electron chi connectivity index (χ1n) is 7.39. The van der Waals surface area contributed by atoms with Crippen molar-refractivity contribution in [3.05, 3.63) is 0 Å². The zero-order chi connectivity index (χ0) is 18.2. The number of aliphatic imine (C=N–C) groups is 1. The van der Waals surface area contributed by atoms with Crippen LogP contribution in [-0.2, 0) is 4.74 Å². The first-order valence-corrected chi connectivity index (χ1v) is 8.27. The third-order valence-electron chi connectivity index (χ3n) is 3.94. The van der Waals surface area contributed by atoms with Gasteiger partial charge in [0.05, 0.1) is 0 Å². The second kappa shape index (κ2) is 7.34. The van der Waals surface area contributed by atoms with E-state index in [1.807, 2.05) is 19.0 Å². The van der Waals surface area contributed by atoms with E-state index in [0.717, 1.165) is 18.3 Å². The van der Waals surface area contributed by atoms with Gasteiger partial charge in [-0.3, -0.25) is 4.99 Å². The van der Waals surface area contributed by atoms with Gasteiger partial charge in [0.1, 0.15) is 29.8 Å². The maximum absolute atomic E-state index is 12.7. The van der Waals surface area contributed by atoms with Crippen LogP contribution in [0, 0.1) is 0 Å². The van der Waals surface area contributed by atoms with Gasteiger partial charge >= 0.3 is 6.18 Å². The maximum Gasteiger partial charge on any atom is 0.417 e. The molecular formula is C13H22F3N3O4S. The van der Waals surface area contributed by atoms with Crippen molar-refractivity contribution in [2.24, 2.45) is 4.99 Å². The number of aliphatic hydroxyl groups excluding tert-OH is 3. The lowest BCUT2D eigenvalue weighted by Gasteiger charge is -2.40. The summed E-state index contributed by atoms with van der Waals surface area (Å²) in [6.45, 7) is 1.37. The Morgan fingerprint density at radius 2 is 1.83 bits per heavy atom. The lowest BCUT2D eigenvalue weighted by Crippen LogP contribution is -2.60. The summed E-state index contributed by atoms with van der Waals surface area (Å²) in [4.78, 5) is 8.04. The van der Waals surface area contributed by atoms with Gasteiger partial charge in [0.25, 0.3) is 0 Å². The number of hydrogen-bond acceptors (Lipinski definition) is 8. The smallest absolute Gasteiger partial charge is 0.388 e. The molecule has 140 valence electrons. The number of nitrogens with zero attached hydrogens (tertiary/aromatic N) is 3. The summed E-state index contributed by atoms with van der Waals surface area (Å²) >= 11 is 1.08. The molecule has 11 heteroatoms. The molecule has 24 heavy (non-hydrogen) atoms. The van der Waals surface area contributed by atoms with Gasteiger partial charge in [-0.1, -0.05) is 11.8 Å². The molecule has 0 amide bonds. The molecule has 0 aromatic heterocycles. The predicted molar refractivity (Wildman–Crippen MR) is 82.7 cm³/mol. The number of aliphatic hydroxyl groups is 3. The van der Waals surface area contributed by atoms with Gasteiger partial charge in [-0.15, -0.1) is 0 Å². The van der Waals surface area contributed by atoms with E-state index >= 15 is 0 Å². The van der Waals surface area contributed by atoms with Gasteiger partial charge < -0.3 is 29.9 Å². The normalized spacial score (nSPS) is 34.9. The monoisotopic (exact) mass is 373 g/mol. The first-order chi connectivity index (χ1) is 11.0. The summed E-state index contributed by atoms with van der Waals surface area (Å²) < 4.78 is 43.3. The maximum atomic E-state index is 12.7. The molecule has 1 saturated heterocycles. The number of rotatable bonds is 4. The molecule has 2 rings (SSSR count). The molecule has 0 saturated carbocycles. The molecule has 2 aliphatic rings. The molecule has 3 N–H and O–H groups in total. The molecule has 0 aromatic rings. The van der Waals surface area contributed by atoms with Crippen LogP contribution < -0.4 is 0 Å². The molecule has 2 heterocycles. The van der Waals surface area contributed by atoms with Crippen LogP contribution in [0.2, 0.25) is 0 Å². The van der Waals surface area contributed by atoms with Crippen molar-refractivity contribution in [3.63, 3.8) is 0 Å². The third-order valence-corrected chi connectivity index (χ3v) is 5.19. The van der Waals surface area contributed by atoms with E-state index in [-0.39, 0.29) is 0 Å². The van der Waals surface area contributed by atoms with Crippen LogP contribution in [0.1, 0.15) is 0 Å². The molecular weight excluding hydrogens is 351 g/mol. The van der Waals surface area contributed by atoms with E-state index in [2.05, 4.69) is 4.99 Å². The Labute approximate surface area is 142 Å². The molecule has 0 unspecified atom stereocenters. The van der Waals surface area contributed by atoms with Crippen molar-refractivity contribution in [1.29, 1.82) is 0 Å². The summed E-state index contributed by atoms with van der Waals surface area (Å²) in [5.41, 5.74) is -0.887. The lowest BCUT2D eigenvalue weighted by atomic mass is 9.94. The molecule has 7 nitrogen and oxygen atoms in total. The SMILES string of the molecule is CN(C)CCN(C)C1=N[C@@H]2[C@@H](O)[C@H](O)[C@@H]([C@@H](O)C(F)(F)F)O[C@@H]2S1. The summed E-state index contributed by atoms with van der Waals surface area (Å²) in [7, 11) is 5.59. The van der Waals surface area contributed by atoms with Gasteiger partial charge in [0.15, 0.2) is 11.3 Å². The van der Waals surface area contributed by atoms with E-state index < -0.39 is 42.1 Å². The second-order valence-electron chi connectivity index (χ2n) is 6.18. The van der Waals surface area contributed by atoms with E-state index in [4.69, 9.17) is 4.74 Å². The van der Waals surface area contributed by atoms with Crippen LogP contribution >= 0.6 is 11.8 Å². The highest BCUT2D eigenvalue weighted by atomic mass is 32.2. The minimum absolute atomic E-state index is 0.514. The van der Waals surface area contributed by atoms with E-state index in [1.54, 1.807) is 11.9 Å². The fourth-order valence-electron chi connectivity index (χ4n) is 2.45. The fourth-order valence-corrected chi connectivity index (χ4v) is 3.66. The Balaban J connectivity index is 2.07. The highest BCUT2D eigenvalue weighted by molar-refractivity contribution is 8.14. The lowest BCUT2D eigenvalue weighted by molar-refractivity contribution is -0.271. The van der Waals surface area contributed by atoms with E-state index in [1.165, 1.54) is 0 Å². The molecule has 2 aliphatic heterocycles. The summed E-state index contributed by atoms with van der Waals surface area (Å²) in [6.07, 6.45) is -13.2. The van der Waals surface area contributed by atoms with E-state index in [9.17, 15) is 28.5 Å². The largest absolute Gasteiger partial charge is 0.417 e. The average Bonchev–Trinajstić information content (AvgIpc) is 2.91. The van der Waals surface area contributed by atoms with Gasteiger partial charge in [0, 0.05) is 20.1 Å². The second-order valence-corrected chi connectivity index (χ2v) is 7.25. The van der Waals surface area contributed by atoms with Crippen molar-refractivity contribution >= 4 is 16.9 Å². The quantitative estimate of drug-likeness (QED) is 0.602. The Kier molecular flexibility index (Phi) is 6.03. The minimum atomic E-state index is -4.95. The van der Waals surface area contributed by atoms with Crippen molar-refractivity contribution < 1.29 is 33.2 Å². The number of halogens is 3. The van der Waals surface area contributed by atoms with E-state index in [0.29, 0.717) is 11.7 Å². The Morgan fingerprint density at radius 1 is 1.21 bits per heavy atom. The molecule has 6 atom stereocenters. The molecule has 0 aromatic carbocycles. The summed E-state index contributed by atoms with van der Waals surface area (Å²) in [5, 5.41) is 29.8. The van der Waals surface area contributed by atoms with Crippen LogP contribution in [-0.4, -0.2) is 107 Å². The number of thioether (sulfide) groups is 1. The van der Waals surface area contributed by atoms with Crippen molar-refractivity contribution in [3.8, 4) is 0 Å². The number of amidine groups is 1. The molecule has 0 aliphatic carbocycles. The Bertz CT molecular complexity index is 480. The molecule has 1 fully saturated rings. The summed E-state index contributed by atoms with van der Waals surface area (Å²) in [6, 6.07) is -0.876. The average molecular weight is 373 g/mol. The van der Waals surface area contributed by atoms with Gasteiger partial charge in [-0.2, -0.15) is 13.2 Å². The molecule has 0 spiro atoms. The minimum Gasteiger partial charge on any atom is -0.388 e. The molecule has 0 radical (unpaired) electrons. The zero-order valence-corrected chi connectivity index (χ0v) is 14.3. The molecule has 0 bridgehead atoms. The Hall–Kier alpha value is -0.590. The van der Waals surface area contributed by atoms with Crippen LogP contribution in [0.3, 0.4) is 0 Å². The first kappa shape index (κ1) is 19.7. The zero-order valence-electron chi connectivity index (χ0n) is 13.5. The number of fused-ring (bicyclic) bond motifs is 1. The topological polar surface area (TPSA) is 88.8 Å². The standard InChI is InChI=1S/C13H22F3N3O4S/c1-18(2)4-5-19(3)12-17-6-7(20)8(21)9(23-11(6)24-12)10(22)13(14,15)16/h6-11,20-22H,4-5H2,1-3H3/t6-,7-,8+,9+,10-,11-/m1/s1.